The van der Waals surface area contributed by atoms with E-state index in [0.717, 1.165) is 37.2 Å². The molecule has 2 aromatic heterocycles. The van der Waals surface area contributed by atoms with E-state index in [2.05, 4.69) is 30.9 Å². The summed E-state index contributed by atoms with van der Waals surface area (Å²) in [5.41, 5.74) is 1.86. The molecule has 27 heavy (non-hydrogen) atoms. The molecular formula is C18H21N7O2. The highest BCUT2D eigenvalue weighted by atomic mass is 16.5. The zero-order valence-corrected chi connectivity index (χ0v) is 15.1. The quantitative estimate of drug-likeness (QED) is 0.706. The number of carbonyl (C=O) groups excluding carboxylic acids is 1. The highest BCUT2D eigenvalue weighted by molar-refractivity contribution is 5.91. The van der Waals surface area contributed by atoms with E-state index in [1.54, 1.807) is 6.33 Å². The highest BCUT2D eigenvalue weighted by Gasteiger charge is 2.20. The van der Waals surface area contributed by atoms with Crippen LogP contribution in [-0.2, 0) is 11.2 Å². The zero-order valence-electron chi connectivity index (χ0n) is 15.1. The first-order valence-corrected chi connectivity index (χ1v) is 8.99. The van der Waals surface area contributed by atoms with E-state index in [1.165, 1.54) is 0 Å². The van der Waals surface area contributed by atoms with Gasteiger partial charge in [0.25, 0.3) is 5.89 Å². The summed E-state index contributed by atoms with van der Waals surface area (Å²) >= 11 is 0. The number of hydrogen-bond donors (Lipinski definition) is 2. The van der Waals surface area contributed by atoms with Crippen LogP contribution >= 0.6 is 0 Å². The lowest BCUT2D eigenvalue weighted by Crippen LogP contribution is -2.31. The number of hydrogen-bond acceptors (Lipinski definition) is 7. The van der Waals surface area contributed by atoms with Gasteiger partial charge in [0.2, 0.25) is 11.7 Å². The van der Waals surface area contributed by atoms with Gasteiger partial charge in [-0.15, -0.1) is 5.10 Å². The van der Waals surface area contributed by atoms with Crippen LogP contribution in [0.25, 0.3) is 11.7 Å². The second-order valence-corrected chi connectivity index (χ2v) is 6.66. The van der Waals surface area contributed by atoms with Crippen molar-refractivity contribution in [3.63, 3.8) is 0 Å². The molecule has 9 nitrogen and oxygen atoms in total. The lowest BCUT2D eigenvalue weighted by molar-refractivity contribution is -0.115. The van der Waals surface area contributed by atoms with Gasteiger partial charge in [0, 0.05) is 12.2 Å². The lowest BCUT2D eigenvalue weighted by Gasteiger charge is -2.22. The Morgan fingerprint density at radius 1 is 1.37 bits per heavy atom. The van der Waals surface area contributed by atoms with Gasteiger partial charge in [-0.25, -0.2) is 9.67 Å². The maximum absolute atomic E-state index is 12.1. The third kappa shape index (κ3) is 4.20. The minimum atomic E-state index is -0.210. The minimum Gasteiger partial charge on any atom is -0.330 e. The van der Waals surface area contributed by atoms with Crippen molar-refractivity contribution < 1.29 is 9.32 Å². The van der Waals surface area contributed by atoms with Crippen LogP contribution in [-0.4, -0.2) is 43.9 Å². The maximum atomic E-state index is 12.1. The molecule has 1 atom stereocenters. The summed E-state index contributed by atoms with van der Waals surface area (Å²) in [5, 5.41) is 14.5. The minimum absolute atomic E-state index is 0.0185. The normalized spacial score (nSPS) is 17.0. The fourth-order valence-electron chi connectivity index (χ4n) is 3.01. The average molecular weight is 367 g/mol. The lowest BCUT2D eigenvalue weighted by atomic mass is 10.1. The summed E-state index contributed by atoms with van der Waals surface area (Å²) in [7, 11) is 0. The molecule has 0 bridgehead atoms. The van der Waals surface area contributed by atoms with Crippen LogP contribution in [0.5, 0.6) is 0 Å². The molecule has 3 heterocycles. The number of aryl methyl sites for hydroxylation is 1. The molecular weight excluding hydrogens is 346 g/mol. The summed E-state index contributed by atoms with van der Waals surface area (Å²) < 4.78 is 7.05. The Bertz CT molecular complexity index is 910. The molecule has 1 unspecified atom stereocenters. The molecule has 0 radical (unpaired) electrons. The van der Waals surface area contributed by atoms with Crippen molar-refractivity contribution >= 4 is 11.6 Å². The van der Waals surface area contributed by atoms with Crippen LogP contribution in [0, 0.1) is 6.92 Å². The predicted molar refractivity (Wildman–Crippen MR) is 98.0 cm³/mol. The molecule has 1 saturated heterocycles. The fraction of sp³-hybridized carbons (Fsp3) is 0.389. The monoisotopic (exact) mass is 367 g/mol. The van der Waals surface area contributed by atoms with E-state index in [-0.39, 0.29) is 24.3 Å². The number of carbonyl (C=O) groups is 1. The number of rotatable bonds is 5. The van der Waals surface area contributed by atoms with Crippen molar-refractivity contribution in [1.29, 1.82) is 0 Å². The van der Waals surface area contributed by atoms with Gasteiger partial charge in [-0.2, -0.15) is 4.98 Å². The molecule has 1 amide bonds. The summed E-state index contributed by atoms with van der Waals surface area (Å²) in [5.74, 6) is 0.678. The van der Waals surface area contributed by atoms with E-state index in [0.29, 0.717) is 11.6 Å². The number of amides is 1. The maximum Gasteiger partial charge on any atom is 0.297 e. The smallest absolute Gasteiger partial charge is 0.297 e. The van der Waals surface area contributed by atoms with Crippen molar-refractivity contribution in [3.05, 3.63) is 42.0 Å². The number of benzene rings is 1. The molecule has 1 aliphatic heterocycles. The summed E-state index contributed by atoms with van der Waals surface area (Å²) in [6.07, 6.45) is 3.87. The molecule has 2 N–H and O–H groups in total. The largest absolute Gasteiger partial charge is 0.330 e. The van der Waals surface area contributed by atoms with Crippen molar-refractivity contribution in [2.45, 2.75) is 32.2 Å². The predicted octanol–water partition coefficient (Wildman–Crippen LogP) is 1.74. The van der Waals surface area contributed by atoms with Crippen LogP contribution in [0.2, 0.25) is 0 Å². The first-order chi connectivity index (χ1) is 13.2. The van der Waals surface area contributed by atoms with E-state index in [1.807, 2.05) is 35.9 Å². The zero-order chi connectivity index (χ0) is 18.6. The molecule has 1 aliphatic rings. The van der Waals surface area contributed by atoms with Gasteiger partial charge in [-0.05, 0) is 38.4 Å². The van der Waals surface area contributed by atoms with Gasteiger partial charge in [0.1, 0.15) is 6.33 Å². The first-order valence-electron chi connectivity index (χ1n) is 8.99. The molecule has 9 heteroatoms. The average Bonchev–Trinajstić information content (AvgIpc) is 3.34. The third-order valence-electron chi connectivity index (χ3n) is 4.47. The number of nitrogens with one attached hydrogen (secondary N) is 2. The number of aromatic nitrogens is 5. The molecule has 1 fully saturated rings. The molecule has 0 spiro atoms. The van der Waals surface area contributed by atoms with Gasteiger partial charge in [-0.1, -0.05) is 22.9 Å². The van der Waals surface area contributed by atoms with Crippen molar-refractivity contribution in [1.82, 2.24) is 30.2 Å². The molecule has 140 valence electrons. The Morgan fingerprint density at radius 3 is 3.00 bits per heavy atom. The van der Waals surface area contributed by atoms with Gasteiger partial charge in [0.15, 0.2) is 5.82 Å². The second-order valence-electron chi connectivity index (χ2n) is 6.66. The summed E-state index contributed by atoms with van der Waals surface area (Å²) in [6, 6.07) is 7.86. The van der Waals surface area contributed by atoms with E-state index < -0.39 is 0 Å². The van der Waals surface area contributed by atoms with Gasteiger partial charge < -0.3 is 15.2 Å². The summed E-state index contributed by atoms with van der Waals surface area (Å²) in [4.78, 5) is 20.6. The van der Waals surface area contributed by atoms with E-state index in [9.17, 15) is 4.79 Å². The van der Waals surface area contributed by atoms with Crippen LogP contribution in [0.4, 0.5) is 5.69 Å². The van der Waals surface area contributed by atoms with Crippen molar-refractivity contribution in [2.24, 2.45) is 0 Å². The van der Waals surface area contributed by atoms with Gasteiger partial charge in [-0.3, -0.25) is 4.79 Å². The molecule has 4 rings (SSSR count). The fourth-order valence-corrected chi connectivity index (χ4v) is 3.01. The van der Waals surface area contributed by atoms with Crippen LogP contribution < -0.4 is 10.6 Å². The Morgan fingerprint density at radius 2 is 2.22 bits per heavy atom. The third-order valence-corrected chi connectivity index (χ3v) is 4.47. The highest BCUT2D eigenvalue weighted by Crippen LogP contribution is 2.18. The Balaban J connectivity index is 1.39. The van der Waals surface area contributed by atoms with Crippen molar-refractivity contribution in [2.75, 3.05) is 18.4 Å². The number of anilines is 1. The molecule has 0 aliphatic carbocycles. The topological polar surface area (TPSA) is 111 Å². The van der Waals surface area contributed by atoms with Gasteiger partial charge >= 0.3 is 0 Å². The molecule has 3 aromatic rings. The Labute approximate surface area is 156 Å². The Hall–Kier alpha value is -3.07. The SMILES string of the molecule is Cc1ccc(NC(=O)Cc2noc(-c3ncn(C4CCCNC4)n3)n2)cc1. The van der Waals surface area contributed by atoms with Crippen LogP contribution in [0.1, 0.15) is 30.3 Å². The van der Waals surface area contributed by atoms with E-state index >= 15 is 0 Å². The second kappa shape index (κ2) is 7.67. The molecule has 1 aromatic carbocycles. The summed E-state index contributed by atoms with van der Waals surface area (Å²) in [6.45, 7) is 3.90. The first kappa shape index (κ1) is 17.3. The van der Waals surface area contributed by atoms with E-state index in [4.69, 9.17) is 4.52 Å². The number of piperidine rings is 1. The van der Waals surface area contributed by atoms with Crippen LogP contribution in [0.3, 0.4) is 0 Å². The van der Waals surface area contributed by atoms with Crippen molar-refractivity contribution in [3.8, 4) is 11.7 Å². The number of nitrogens with zero attached hydrogens (tertiary/aromatic N) is 5. The standard InChI is InChI=1S/C18H21N7O2/c1-12-4-6-13(7-5-12)21-16(26)9-15-22-18(27-24-15)17-20-11-25(23-17)14-3-2-8-19-10-14/h4-7,11,14,19H,2-3,8-10H2,1H3,(H,21,26). The van der Waals surface area contributed by atoms with Crippen LogP contribution in [0.15, 0.2) is 35.1 Å². The van der Waals surface area contributed by atoms with Gasteiger partial charge in [0.05, 0.1) is 12.5 Å². The molecule has 0 saturated carbocycles. The Kier molecular flexibility index (Phi) is 4.93.